The molecule has 33 heavy (non-hydrogen) atoms. The first kappa shape index (κ1) is 21.7. The number of hydrogen-bond acceptors (Lipinski definition) is 7. The van der Waals surface area contributed by atoms with Gasteiger partial charge in [-0.25, -0.2) is 19.3 Å². The summed E-state index contributed by atoms with van der Waals surface area (Å²) in [5, 5.41) is 2.69. The third-order valence-corrected chi connectivity index (χ3v) is 6.28. The Hall–Kier alpha value is -3.08. The highest BCUT2D eigenvalue weighted by atomic mass is 32.1. The van der Waals surface area contributed by atoms with Crippen molar-refractivity contribution >= 4 is 27.9 Å². The van der Waals surface area contributed by atoms with Gasteiger partial charge in [-0.3, -0.25) is 0 Å². The van der Waals surface area contributed by atoms with Crippen LogP contribution < -0.4 is 4.90 Å². The van der Waals surface area contributed by atoms with E-state index in [1.807, 2.05) is 18.2 Å². The summed E-state index contributed by atoms with van der Waals surface area (Å²) in [5.41, 5.74) is 2.58. The van der Waals surface area contributed by atoms with Crippen molar-refractivity contribution in [2.24, 2.45) is 0 Å². The number of aromatic nitrogens is 3. The largest absolute Gasteiger partial charge is 0.378 e. The Bertz CT molecular complexity index is 1250. The molecular weight excluding hydrogens is 453 g/mol. The molecule has 2 aromatic heterocycles. The Morgan fingerprint density at radius 3 is 2.64 bits per heavy atom. The predicted octanol–water partition coefficient (Wildman–Crippen LogP) is 5.06. The van der Waals surface area contributed by atoms with Crippen LogP contribution in [-0.4, -0.2) is 47.9 Å². The van der Waals surface area contributed by atoms with Crippen molar-refractivity contribution in [3.63, 3.8) is 0 Å². The van der Waals surface area contributed by atoms with Crippen LogP contribution in [0.25, 0.3) is 22.2 Å². The molecule has 0 spiro atoms. The topological polar surface area (TPSA) is 60.4 Å². The number of fused-ring (bicyclic) bond motifs is 1. The molecule has 0 bridgehead atoms. The van der Waals surface area contributed by atoms with Crippen LogP contribution in [-0.2, 0) is 9.47 Å². The molecule has 0 saturated carbocycles. The third-order valence-electron chi connectivity index (χ3n) is 5.46. The van der Waals surface area contributed by atoms with Gasteiger partial charge in [-0.15, -0.1) is 11.3 Å². The zero-order valence-corrected chi connectivity index (χ0v) is 18.1. The average molecular weight is 472 g/mol. The molecule has 3 heterocycles. The van der Waals surface area contributed by atoms with E-state index in [1.165, 1.54) is 42.1 Å². The number of halogens is 3. The maximum atomic E-state index is 14.9. The van der Waals surface area contributed by atoms with E-state index in [1.54, 1.807) is 5.38 Å². The summed E-state index contributed by atoms with van der Waals surface area (Å²) in [6.45, 7) is -0.131. The van der Waals surface area contributed by atoms with Crippen molar-refractivity contribution in [3.8, 4) is 11.3 Å². The summed E-state index contributed by atoms with van der Waals surface area (Å²) in [4.78, 5) is 15.0. The lowest BCUT2D eigenvalue weighted by atomic mass is 10.0. The van der Waals surface area contributed by atoms with E-state index in [4.69, 9.17) is 9.47 Å². The number of thiazole rings is 1. The number of hydrogen-bond donors (Lipinski definition) is 0. The van der Waals surface area contributed by atoms with Crippen LogP contribution in [0.15, 0.2) is 54.3 Å². The molecule has 6 nitrogen and oxygen atoms in total. The molecule has 170 valence electrons. The molecule has 0 amide bonds. The van der Waals surface area contributed by atoms with Gasteiger partial charge < -0.3 is 14.4 Å². The molecule has 10 heteroatoms. The van der Waals surface area contributed by atoms with Gasteiger partial charge in [0.1, 0.15) is 23.3 Å². The van der Waals surface area contributed by atoms with E-state index in [9.17, 15) is 13.2 Å². The zero-order chi connectivity index (χ0) is 22.8. The first-order chi connectivity index (χ1) is 16.1. The second-order valence-electron chi connectivity index (χ2n) is 7.41. The van der Waals surface area contributed by atoms with Gasteiger partial charge in [0.25, 0.3) is 0 Å². The van der Waals surface area contributed by atoms with Crippen molar-refractivity contribution in [2.45, 2.75) is 12.7 Å². The maximum absolute atomic E-state index is 14.9. The highest BCUT2D eigenvalue weighted by Crippen LogP contribution is 2.35. The van der Waals surface area contributed by atoms with Crippen molar-refractivity contribution < 1.29 is 22.6 Å². The van der Waals surface area contributed by atoms with E-state index in [2.05, 4.69) is 19.9 Å². The first-order valence-electron chi connectivity index (χ1n) is 10.3. The summed E-state index contributed by atoms with van der Waals surface area (Å²) in [6.07, 6.45) is 1.77. The molecule has 1 saturated heterocycles. The summed E-state index contributed by atoms with van der Waals surface area (Å²) in [7, 11) is 0. The Morgan fingerprint density at radius 1 is 1.03 bits per heavy atom. The number of benzene rings is 2. The lowest BCUT2D eigenvalue weighted by Gasteiger charge is -2.29. The standard InChI is InChI=1S/C23H19F3N4O2S/c24-18-4-1-14(21(32-23(25)26)22-27-5-10-33-22)11-17(18)20-16-3-2-15(12-19(16)28-13-29-20)30-6-8-31-9-7-30/h1-5,10-13,21,23H,6-9H2. The SMILES string of the molecule is Fc1ccc(C(OC(F)F)c2nccs2)cc1-c1ncnc2cc(N3CCOCC3)ccc12. The molecule has 1 aliphatic rings. The van der Waals surface area contributed by atoms with Gasteiger partial charge in [-0.1, -0.05) is 6.07 Å². The Labute approximate surface area is 191 Å². The molecule has 1 unspecified atom stereocenters. The lowest BCUT2D eigenvalue weighted by molar-refractivity contribution is -0.153. The van der Waals surface area contributed by atoms with E-state index in [0.29, 0.717) is 40.4 Å². The minimum absolute atomic E-state index is 0.179. The van der Waals surface area contributed by atoms with Crippen molar-refractivity contribution in [1.29, 1.82) is 0 Å². The van der Waals surface area contributed by atoms with Gasteiger partial charge in [-0.05, 0) is 35.9 Å². The smallest absolute Gasteiger partial charge is 0.346 e. The fourth-order valence-electron chi connectivity index (χ4n) is 3.91. The van der Waals surface area contributed by atoms with E-state index in [0.717, 1.165) is 18.8 Å². The van der Waals surface area contributed by atoms with E-state index in [-0.39, 0.29) is 5.56 Å². The molecule has 1 aliphatic heterocycles. The van der Waals surface area contributed by atoms with Gasteiger partial charge in [0.05, 0.1) is 24.4 Å². The van der Waals surface area contributed by atoms with Crippen LogP contribution in [0.4, 0.5) is 18.9 Å². The van der Waals surface area contributed by atoms with Crippen LogP contribution in [0.3, 0.4) is 0 Å². The van der Waals surface area contributed by atoms with Crippen molar-refractivity contribution in [1.82, 2.24) is 15.0 Å². The Balaban J connectivity index is 1.56. The van der Waals surface area contributed by atoms with Gasteiger partial charge in [0.2, 0.25) is 0 Å². The highest BCUT2D eigenvalue weighted by Gasteiger charge is 2.24. The monoisotopic (exact) mass is 472 g/mol. The number of morpholine rings is 1. The Morgan fingerprint density at radius 2 is 1.88 bits per heavy atom. The number of rotatable bonds is 6. The van der Waals surface area contributed by atoms with Crippen LogP contribution in [0.1, 0.15) is 16.7 Å². The molecule has 2 aromatic carbocycles. The van der Waals surface area contributed by atoms with Crippen LogP contribution in [0.2, 0.25) is 0 Å². The summed E-state index contributed by atoms with van der Waals surface area (Å²) >= 11 is 1.19. The summed E-state index contributed by atoms with van der Waals surface area (Å²) in [6, 6.07) is 9.88. The van der Waals surface area contributed by atoms with Crippen LogP contribution in [0, 0.1) is 5.82 Å². The van der Waals surface area contributed by atoms with Crippen LogP contribution >= 0.6 is 11.3 Å². The molecule has 1 atom stereocenters. The molecule has 1 fully saturated rings. The molecule has 0 aliphatic carbocycles. The summed E-state index contributed by atoms with van der Waals surface area (Å²) in [5.74, 6) is -0.522. The molecule has 0 radical (unpaired) electrons. The zero-order valence-electron chi connectivity index (χ0n) is 17.3. The third kappa shape index (κ3) is 4.54. The van der Waals surface area contributed by atoms with Gasteiger partial charge >= 0.3 is 6.61 Å². The van der Waals surface area contributed by atoms with Crippen molar-refractivity contribution in [2.75, 3.05) is 31.2 Å². The lowest BCUT2D eigenvalue weighted by Crippen LogP contribution is -2.36. The van der Waals surface area contributed by atoms with Gasteiger partial charge in [-0.2, -0.15) is 8.78 Å². The fourth-order valence-corrected chi connectivity index (χ4v) is 4.61. The number of nitrogens with zero attached hydrogens (tertiary/aromatic N) is 4. The quantitative estimate of drug-likeness (QED) is 0.391. The minimum Gasteiger partial charge on any atom is -0.378 e. The summed E-state index contributed by atoms with van der Waals surface area (Å²) < 4.78 is 51.4. The maximum Gasteiger partial charge on any atom is 0.346 e. The van der Waals surface area contributed by atoms with Gasteiger partial charge in [0.15, 0.2) is 0 Å². The predicted molar refractivity (Wildman–Crippen MR) is 119 cm³/mol. The van der Waals surface area contributed by atoms with Crippen molar-refractivity contribution in [3.05, 3.63) is 70.7 Å². The first-order valence-corrected chi connectivity index (χ1v) is 11.2. The normalized spacial score (nSPS) is 15.3. The van der Waals surface area contributed by atoms with E-state index < -0.39 is 18.5 Å². The molecular formula is C23H19F3N4O2S. The number of anilines is 1. The number of alkyl halides is 2. The molecule has 4 aromatic rings. The molecule has 0 N–H and O–H groups in total. The second-order valence-corrected chi connectivity index (χ2v) is 8.34. The number of ether oxygens (including phenoxy) is 2. The fraction of sp³-hybridized carbons (Fsp3) is 0.261. The highest BCUT2D eigenvalue weighted by molar-refractivity contribution is 7.09. The second kappa shape index (κ2) is 9.42. The van der Waals surface area contributed by atoms with E-state index >= 15 is 0 Å². The Kier molecular flexibility index (Phi) is 6.21. The van der Waals surface area contributed by atoms with Crippen LogP contribution in [0.5, 0.6) is 0 Å². The molecule has 5 rings (SSSR count). The average Bonchev–Trinajstić information content (AvgIpc) is 3.37. The minimum atomic E-state index is -3.01. The van der Waals surface area contributed by atoms with Gasteiger partial charge in [0, 0.05) is 41.3 Å².